The molecule has 0 aromatic heterocycles. The summed E-state index contributed by atoms with van der Waals surface area (Å²) in [7, 11) is 1.69. The van der Waals surface area contributed by atoms with E-state index in [4.69, 9.17) is 4.74 Å². The van der Waals surface area contributed by atoms with Gasteiger partial charge < -0.3 is 15.4 Å². The normalized spacial score (nSPS) is 10.8. The van der Waals surface area contributed by atoms with E-state index < -0.39 is 0 Å². The number of benzene rings is 1. The van der Waals surface area contributed by atoms with E-state index in [2.05, 4.69) is 30.5 Å². The van der Waals surface area contributed by atoms with Crippen LogP contribution < -0.4 is 10.6 Å². The highest BCUT2D eigenvalue weighted by atomic mass is 16.5. The first-order valence-electron chi connectivity index (χ1n) is 7.26. The summed E-state index contributed by atoms with van der Waals surface area (Å²) in [6.07, 6.45) is 1.95. The standard InChI is InChI=1S/C16H26N2O2/c1-4-15(5-2)18-16(19)11-17-10-13-7-6-8-14(9-13)12-20-3/h6-9,15,17H,4-5,10-12H2,1-3H3,(H,18,19). The molecule has 0 saturated heterocycles. The van der Waals surface area contributed by atoms with Gasteiger partial charge in [-0.15, -0.1) is 0 Å². The molecule has 4 nitrogen and oxygen atoms in total. The number of nitrogens with one attached hydrogen (secondary N) is 2. The second kappa shape index (κ2) is 9.50. The van der Waals surface area contributed by atoms with Gasteiger partial charge in [-0.3, -0.25) is 4.79 Å². The van der Waals surface area contributed by atoms with Gasteiger partial charge >= 0.3 is 0 Å². The zero-order chi connectivity index (χ0) is 14.8. The van der Waals surface area contributed by atoms with Crippen molar-refractivity contribution in [3.63, 3.8) is 0 Å². The molecule has 0 spiro atoms. The van der Waals surface area contributed by atoms with Crippen LogP contribution >= 0.6 is 0 Å². The van der Waals surface area contributed by atoms with Gasteiger partial charge in [-0.05, 0) is 24.0 Å². The molecule has 1 amide bonds. The van der Waals surface area contributed by atoms with Crippen LogP contribution in [0.15, 0.2) is 24.3 Å². The third-order valence-electron chi connectivity index (χ3n) is 3.27. The van der Waals surface area contributed by atoms with E-state index in [1.54, 1.807) is 7.11 Å². The lowest BCUT2D eigenvalue weighted by Crippen LogP contribution is -2.39. The molecule has 0 aliphatic heterocycles. The highest BCUT2D eigenvalue weighted by Crippen LogP contribution is 2.06. The van der Waals surface area contributed by atoms with E-state index >= 15 is 0 Å². The predicted molar refractivity (Wildman–Crippen MR) is 81.4 cm³/mol. The van der Waals surface area contributed by atoms with Crippen LogP contribution in [0, 0.1) is 0 Å². The molecule has 1 rings (SSSR count). The molecule has 20 heavy (non-hydrogen) atoms. The average molecular weight is 278 g/mol. The fraction of sp³-hybridized carbons (Fsp3) is 0.562. The molecule has 0 unspecified atom stereocenters. The number of methoxy groups -OCH3 is 1. The van der Waals surface area contributed by atoms with Crippen LogP contribution in [0.3, 0.4) is 0 Å². The minimum atomic E-state index is 0.0618. The average Bonchev–Trinajstić information content (AvgIpc) is 2.45. The van der Waals surface area contributed by atoms with Gasteiger partial charge in [-0.1, -0.05) is 38.1 Å². The molecule has 1 aromatic rings. The highest BCUT2D eigenvalue weighted by Gasteiger charge is 2.07. The molecule has 112 valence electrons. The minimum Gasteiger partial charge on any atom is -0.380 e. The molecule has 2 N–H and O–H groups in total. The molecule has 0 aliphatic rings. The molecule has 1 aromatic carbocycles. The van der Waals surface area contributed by atoms with Crippen molar-refractivity contribution in [2.24, 2.45) is 0 Å². The summed E-state index contributed by atoms with van der Waals surface area (Å²) in [5.74, 6) is 0.0618. The van der Waals surface area contributed by atoms with Crippen LogP contribution in [0.5, 0.6) is 0 Å². The Balaban J connectivity index is 2.33. The van der Waals surface area contributed by atoms with Crippen LogP contribution in [-0.4, -0.2) is 25.6 Å². The van der Waals surface area contributed by atoms with Crippen LogP contribution in [0.4, 0.5) is 0 Å². The minimum absolute atomic E-state index is 0.0618. The third-order valence-corrected chi connectivity index (χ3v) is 3.27. The van der Waals surface area contributed by atoms with Crippen LogP contribution in [0.1, 0.15) is 37.8 Å². The maximum atomic E-state index is 11.7. The van der Waals surface area contributed by atoms with Gasteiger partial charge in [0.1, 0.15) is 0 Å². The molecular weight excluding hydrogens is 252 g/mol. The fourth-order valence-electron chi connectivity index (χ4n) is 2.09. The van der Waals surface area contributed by atoms with Gasteiger partial charge in [0, 0.05) is 19.7 Å². The van der Waals surface area contributed by atoms with Crippen LogP contribution in [0.25, 0.3) is 0 Å². The summed E-state index contributed by atoms with van der Waals surface area (Å²) < 4.78 is 5.11. The first-order valence-corrected chi connectivity index (χ1v) is 7.26. The summed E-state index contributed by atoms with van der Waals surface area (Å²) in [5.41, 5.74) is 2.31. The summed E-state index contributed by atoms with van der Waals surface area (Å²) in [6.45, 7) is 5.83. The monoisotopic (exact) mass is 278 g/mol. The van der Waals surface area contributed by atoms with Crippen molar-refractivity contribution in [1.29, 1.82) is 0 Å². The summed E-state index contributed by atoms with van der Waals surface area (Å²) in [6, 6.07) is 8.47. The maximum absolute atomic E-state index is 11.7. The van der Waals surface area contributed by atoms with E-state index in [0.29, 0.717) is 19.7 Å². The second-order valence-electron chi connectivity index (χ2n) is 4.94. The van der Waals surface area contributed by atoms with Gasteiger partial charge in [0.15, 0.2) is 0 Å². The second-order valence-corrected chi connectivity index (χ2v) is 4.94. The third kappa shape index (κ3) is 6.17. The van der Waals surface area contributed by atoms with Gasteiger partial charge in [-0.2, -0.15) is 0 Å². The zero-order valence-electron chi connectivity index (χ0n) is 12.7. The van der Waals surface area contributed by atoms with Crippen LogP contribution in [-0.2, 0) is 22.7 Å². The Hall–Kier alpha value is -1.39. The Kier molecular flexibility index (Phi) is 7.92. The van der Waals surface area contributed by atoms with Crippen molar-refractivity contribution < 1.29 is 9.53 Å². The number of ether oxygens (including phenoxy) is 1. The zero-order valence-corrected chi connectivity index (χ0v) is 12.7. The lowest BCUT2D eigenvalue weighted by atomic mass is 10.1. The van der Waals surface area contributed by atoms with Crippen molar-refractivity contribution in [3.05, 3.63) is 35.4 Å². The molecule has 0 radical (unpaired) electrons. The van der Waals surface area contributed by atoms with Gasteiger partial charge in [0.05, 0.1) is 13.2 Å². The number of amides is 1. The molecule has 0 heterocycles. The molecule has 0 atom stereocenters. The SMILES string of the molecule is CCC(CC)NC(=O)CNCc1cccc(COC)c1. The van der Waals surface area contributed by atoms with Crippen molar-refractivity contribution in [2.75, 3.05) is 13.7 Å². The van der Waals surface area contributed by atoms with Crippen molar-refractivity contribution in [2.45, 2.75) is 45.9 Å². The van der Waals surface area contributed by atoms with Gasteiger partial charge in [0.25, 0.3) is 0 Å². The Morgan fingerprint density at radius 1 is 1.25 bits per heavy atom. The van der Waals surface area contributed by atoms with Crippen molar-refractivity contribution >= 4 is 5.91 Å². The molecule has 0 bridgehead atoms. The number of hydrogen-bond donors (Lipinski definition) is 2. The van der Waals surface area contributed by atoms with Gasteiger partial charge in [-0.25, -0.2) is 0 Å². The molecule has 0 aliphatic carbocycles. The number of rotatable bonds is 9. The lowest BCUT2D eigenvalue weighted by molar-refractivity contribution is -0.121. The molecular formula is C16H26N2O2. The van der Waals surface area contributed by atoms with E-state index in [0.717, 1.165) is 24.0 Å². The number of hydrogen-bond acceptors (Lipinski definition) is 3. The summed E-state index contributed by atoms with van der Waals surface area (Å²) >= 11 is 0. The van der Waals surface area contributed by atoms with Crippen molar-refractivity contribution in [1.82, 2.24) is 10.6 Å². The van der Waals surface area contributed by atoms with Crippen LogP contribution in [0.2, 0.25) is 0 Å². The van der Waals surface area contributed by atoms with Crippen molar-refractivity contribution in [3.8, 4) is 0 Å². The Morgan fingerprint density at radius 3 is 2.60 bits per heavy atom. The first kappa shape index (κ1) is 16.7. The lowest BCUT2D eigenvalue weighted by Gasteiger charge is -2.15. The maximum Gasteiger partial charge on any atom is 0.234 e. The van der Waals surface area contributed by atoms with E-state index in [-0.39, 0.29) is 11.9 Å². The number of carbonyl (C=O) groups excluding carboxylic acids is 1. The summed E-state index contributed by atoms with van der Waals surface area (Å²) in [5, 5.41) is 6.18. The van der Waals surface area contributed by atoms with E-state index in [9.17, 15) is 4.79 Å². The smallest absolute Gasteiger partial charge is 0.234 e. The van der Waals surface area contributed by atoms with Gasteiger partial charge in [0.2, 0.25) is 5.91 Å². The summed E-state index contributed by atoms with van der Waals surface area (Å²) in [4.78, 5) is 11.7. The number of carbonyl (C=O) groups is 1. The quantitative estimate of drug-likeness (QED) is 0.728. The Labute approximate surface area is 121 Å². The Morgan fingerprint density at radius 2 is 1.95 bits per heavy atom. The molecule has 4 heteroatoms. The van der Waals surface area contributed by atoms with E-state index in [1.807, 2.05) is 18.2 Å². The first-order chi connectivity index (χ1) is 9.69. The topological polar surface area (TPSA) is 50.4 Å². The highest BCUT2D eigenvalue weighted by molar-refractivity contribution is 5.78. The molecule has 0 saturated carbocycles. The largest absolute Gasteiger partial charge is 0.380 e. The van der Waals surface area contributed by atoms with E-state index in [1.165, 1.54) is 0 Å². The molecule has 0 fully saturated rings. The Bertz CT molecular complexity index is 403. The fourth-order valence-corrected chi connectivity index (χ4v) is 2.09. The predicted octanol–water partition coefficient (Wildman–Crippen LogP) is 2.23.